The molecule has 0 spiro atoms. The maximum absolute atomic E-state index is 12.9. The molecule has 1 heterocycles. The van der Waals surface area contributed by atoms with Gasteiger partial charge in [0.1, 0.15) is 11.4 Å². The minimum absolute atomic E-state index is 0.0423. The Balaban J connectivity index is 2.83. The van der Waals surface area contributed by atoms with Crippen LogP contribution in [0.2, 0.25) is 0 Å². The van der Waals surface area contributed by atoms with Crippen molar-refractivity contribution in [1.29, 1.82) is 0 Å². The van der Waals surface area contributed by atoms with Crippen molar-refractivity contribution in [3.63, 3.8) is 0 Å². The number of benzene rings is 1. The Kier molecular flexibility index (Phi) is 3.84. The molecule has 1 N–H and O–H groups in total. The fourth-order valence-electron chi connectivity index (χ4n) is 1.84. The van der Waals surface area contributed by atoms with E-state index >= 15 is 0 Å². The third-order valence-corrected chi connectivity index (χ3v) is 2.80. The molecule has 0 amide bonds. The topological polar surface area (TPSA) is 81.3 Å². The lowest BCUT2D eigenvalue weighted by molar-refractivity contribution is 0.0693. The number of allylic oxidation sites excluding steroid dienone is 1. The summed E-state index contributed by atoms with van der Waals surface area (Å²) in [6, 6.07) is 4.60. The van der Waals surface area contributed by atoms with Crippen LogP contribution >= 0.6 is 0 Å². The van der Waals surface area contributed by atoms with Crippen molar-refractivity contribution < 1.29 is 14.3 Å². The van der Waals surface area contributed by atoms with E-state index in [-0.39, 0.29) is 12.2 Å². The molecule has 0 radical (unpaired) electrons. The molecule has 0 bridgehead atoms. The highest BCUT2D eigenvalue weighted by Gasteiger charge is 2.17. The SMILES string of the molecule is C=CCn1cc(C(=O)O)c(=O)n(-c2ccc(F)cc2)c1=O. The molecule has 2 rings (SSSR count). The van der Waals surface area contributed by atoms with Crippen LogP contribution in [0.3, 0.4) is 0 Å². The zero-order valence-corrected chi connectivity index (χ0v) is 10.8. The quantitative estimate of drug-likeness (QED) is 0.852. The van der Waals surface area contributed by atoms with E-state index in [2.05, 4.69) is 6.58 Å². The molecule has 21 heavy (non-hydrogen) atoms. The Morgan fingerprint density at radius 3 is 2.43 bits per heavy atom. The van der Waals surface area contributed by atoms with Gasteiger partial charge >= 0.3 is 11.7 Å². The highest BCUT2D eigenvalue weighted by atomic mass is 19.1. The molecular weight excluding hydrogens is 279 g/mol. The van der Waals surface area contributed by atoms with Gasteiger partial charge in [-0.3, -0.25) is 9.36 Å². The van der Waals surface area contributed by atoms with E-state index < -0.39 is 28.6 Å². The lowest BCUT2D eigenvalue weighted by Crippen LogP contribution is -2.41. The number of carboxylic acid groups (broad SMARTS) is 1. The Morgan fingerprint density at radius 2 is 1.90 bits per heavy atom. The molecule has 1 aromatic carbocycles. The van der Waals surface area contributed by atoms with E-state index in [1.807, 2.05) is 0 Å². The summed E-state index contributed by atoms with van der Waals surface area (Å²) >= 11 is 0. The molecule has 6 nitrogen and oxygen atoms in total. The molecule has 108 valence electrons. The zero-order chi connectivity index (χ0) is 15.6. The fraction of sp³-hybridized carbons (Fsp3) is 0.0714. The van der Waals surface area contributed by atoms with Gasteiger partial charge in [-0.15, -0.1) is 6.58 Å². The predicted molar refractivity (Wildman–Crippen MR) is 73.4 cm³/mol. The summed E-state index contributed by atoms with van der Waals surface area (Å²) in [6.45, 7) is 3.51. The molecule has 0 saturated carbocycles. The lowest BCUT2D eigenvalue weighted by Gasteiger charge is -2.10. The Morgan fingerprint density at radius 1 is 1.29 bits per heavy atom. The summed E-state index contributed by atoms with van der Waals surface area (Å²) < 4.78 is 14.7. The highest BCUT2D eigenvalue weighted by molar-refractivity contribution is 5.86. The van der Waals surface area contributed by atoms with Crippen LogP contribution in [0.15, 0.2) is 52.7 Å². The summed E-state index contributed by atoms with van der Waals surface area (Å²) in [7, 11) is 0. The summed E-state index contributed by atoms with van der Waals surface area (Å²) in [6.07, 6.45) is 2.36. The summed E-state index contributed by atoms with van der Waals surface area (Å²) in [5.74, 6) is -1.98. The van der Waals surface area contributed by atoms with Crippen LogP contribution in [0.4, 0.5) is 4.39 Å². The molecule has 0 aliphatic heterocycles. The summed E-state index contributed by atoms with van der Waals surface area (Å²) in [5, 5.41) is 9.05. The van der Waals surface area contributed by atoms with Crippen molar-refractivity contribution >= 4 is 5.97 Å². The number of aromatic carboxylic acids is 1. The highest BCUT2D eigenvalue weighted by Crippen LogP contribution is 2.05. The number of halogens is 1. The minimum atomic E-state index is -1.45. The maximum Gasteiger partial charge on any atom is 0.342 e. The van der Waals surface area contributed by atoms with Crippen LogP contribution in [-0.2, 0) is 6.54 Å². The molecule has 1 aromatic heterocycles. The molecule has 2 aromatic rings. The second-order valence-electron chi connectivity index (χ2n) is 4.19. The van der Waals surface area contributed by atoms with Crippen molar-refractivity contribution in [1.82, 2.24) is 9.13 Å². The largest absolute Gasteiger partial charge is 0.477 e. The van der Waals surface area contributed by atoms with Gasteiger partial charge in [-0.05, 0) is 24.3 Å². The van der Waals surface area contributed by atoms with Gasteiger partial charge in [-0.1, -0.05) is 6.08 Å². The van der Waals surface area contributed by atoms with E-state index in [1.165, 1.54) is 18.2 Å². The van der Waals surface area contributed by atoms with Crippen molar-refractivity contribution in [3.8, 4) is 5.69 Å². The maximum atomic E-state index is 12.9. The fourth-order valence-corrected chi connectivity index (χ4v) is 1.84. The zero-order valence-electron chi connectivity index (χ0n) is 10.8. The second-order valence-corrected chi connectivity index (χ2v) is 4.19. The molecule has 0 aliphatic rings. The monoisotopic (exact) mass is 290 g/mol. The number of hydrogen-bond donors (Lipinski definition) is 1. The van der Waals surface area contributed by atoms with Crippen LogP contribution < -0.4 is 11.2 Å². The van der Waals surface area contributed by atoms with Crippen molar-refractivity contribution in [2.24, 2.45) is 0 Å². The number of carbonyl (C=O) groups is 1. The first-order valence-electron chi connectivity index (χ1n) is 5.92. The van der Waals surface area contributed by atoms with Crippen molar-refractivity contribution in [2.45, 2.75) is 6.54 Å². The Bertz CT molecular complexity index is 818. The van der Waals surface area contributed by atoms with Gasteiger partial charge < -0.3 is 5.11 Å². The van der Waals surface area contributed by atoms with Gasteiger partial charge in [0.15, 0.2) is 0 Å². The van der Waals surface area contributed by atoms with Gasteiger partial charge in [-0.2, -0.15) is 0 Å². The number of carboxylic acids is 1. The van der Waals surface area contributed by atoms with Gasteiger partial charge in [0.25, 0.3) is 5.56 Å². The van der Waals surface area contributed by atoms with E-state index in [0.29, 0.717) is 4.57 Å². The van der Waals surface area contributed by atoms with Crippen LogP contribution in [0.25, 0.3) is 5.69 Å². The number of hydrogen-bond acceptors (Lipinski definition) is 3. The third kappa shape index (κ3) is 2.66. The van der Waals surface area contributed by atoms with E-state index in [1.54, 1.807) is 0 Å². The molecule has 0 unspecified atom stereocenters. The first-order valence-corrected chi connectivity index (χ1v) is 5.92. The third-order valence-electron chi connectivity index (χ3n) is 2.80. The number of rotatable bonds is 4. The average Bonchev–Trinajstić information content (AvgIpc) is 2.44. The van der Waals surface area contributed by atoms with Crippen LogP contribution in [0.1, 0.15) is 10.4 Å². The molecule has 0 saturated heterocycles. The van der Waals surface area contributed by atoms with Gasteiger partial charge in [0.2, 0.25) is 0 Å². The second kappa shape index (κ2) is 5.58. The van der Waals surface area contributed by atoms with Gasteiger partial charge in [0, 0.05) is 12.7 Å². The van der Waals surface area contributed by atoms with Crippen LogP contribution in [0.5, 0.6) is 0 Å². The van der Waals surface area contributed by atoms with Gasteiger partial charge in [0.05, 0.1) is 5.69 Å². The standard InChI is InChI=1S/C14H11FN2O4/c1-2-7-16-8-11(13(19)20)12(18)17(14(16)21)10-5-3-9(15)4-6-10/h2-6,8H,1,7H2,(H,19,20). The predicted octanol–water partition coefficient (Wildman–Crippen LogP) is 1.02. The molecule has 0 aliphatic carbocycles. The first kappa shape index (κ1) is 14.4. The summed E-state index contributed by atoms with van der Waals surface area (Å²) in [5.41, 5.74) is -2.16. The van der Waals surface area contributed by atoms with E-state index in [4.69, 9.17) is 5.11 Å². The lowest BCUT2D eigenvalue weighted by atomic mass is 10.3. The minimum Gasteiger partial charge on any atom is -0.477 e. The molecule has 0 fully saturated rings. The van der Waals surface area contributed by atoms with Crippen molar-refractivity contribution in [2.75, 3.05) is 0 Å². The van der Waals surface area contributed by atoms with Crippen LogP contribution in [0, 0.1) is 5.82 Å². The normalized spacial score (nSPS) is 10.3. The Hall–Kier alpha value is -2.96. The van der Waals surface area contributed by atoms with Crippen molar-refractivity contribution in [3.05, 3.63) is 75.3 Å². The van der Waals surface area contributed by atoms with Gasteiger partial charge in [-0.25, -0.2) is 18.5 Å². The van der Waals surface area contributed by atoms with E-state index in [9.17, 15) is 18.8 Å². The smallest absolute Gasteiger partial charge is 0.342 e. The Labute approximate surface area is 118 Å². The van der Waals surface area contributed by atoms with E-state index in [0.717, 1.165) is 22.9 Å². The van der Waals surface area contributed by atoms with Crippen LogP contribution in [-0.4, -0.2) is 20.2 Å². The number of nitrogens with zero attached hydrogens (tertiary/aromatic N) is 2. The molecule has 7 heteroatoms. The average molecular weight is 290 g/mol. The molecule has 0 atom stereocenters. The molecular formula is C14H11FN2O4. The number of aromatic nitrogens is 2. The summed E-state index contributed by atoms with van der Waals surface area (Å²) in [4.78, 5) is 35.5. The first-order chi connectivity index (χ1) is 9.95.